The highest BCUT2D eigenvalue weighted by Gasteiger charge is 2.39. The standard InChI is InChI=1S/C22H20ClF4N3O2S/c1-2-3-10-30-20(32)18(12-19(31)28-14-6-4-13(24)5-7-14)33-21(30)29-15-8-9-17(23)16(11-15)22(25,26)27/h4-9,11,18H,2-3,10,12H2,1H3,(H,28,31). The van der Waals surface area contributed by atoms with Gasteiger partial charge in [-0.25, -0.2) is 9.38 Å². The number of alkyl halides is 3. The van der Waals surface area contributed by atoms with Gasteiger partial charge in [0.2, 0.25) is 11.8 Å². The smallest absolute Gasteiger partial charge is 0.326 e. The molecule has 0 aromatic heterocycles. The van der Waals surface area contributed by atoms with Gasteiger partial charge in [0.25, 0.3) is 0 Å². The quantitative estimate of drug-likeness (QED) is 0.456. The van der Waals surface area contributed by atoms with E-state index in [-0.39, 0.29) is 23.2 Å². The molecule has 11 heteroatoms. The number of benzene rings is 2. The topological polar surface area (TPSA) is 61.8 Å². The van der Waals surface area contributed by atoms with Crippen molar-refractivity contribution >= 4 is 51.7 Å². The number of hydrogen-bond acceptors (Lipinski definition) is 4. The maximum absolute atomic E-state index is 13.2. The average molecular weight is 502 g/mol. The molecule has 1 aliphatic rings. The summed E-state index contributed by atoms with van der Waals surface area (Å²) in [7, 11) is 0. The van der Waals surface area contributed by atoms with Crippen LogP contribution in [0.5, 0.6) is 0 Å². The number of unbranched alkanes of at least 4 members (excludes halogenated alkanes) is 1. The summed E-state index contributed by atoms with van der Waals surface area (Å²) in [5.74, 6) is -1.24. The molecule has 1 atom stereocenters. The summed E-state index contributed by atoms with van der Waals surface area (Å²) in [5, 5.41) is 1.60. The Labute approximate surface area is 197 Å². The minimum absolute atomic E-state index is 0.0000582. The van der Waals surface area contributed by atoms with Crippen LogP contribution in [0.1, 0.15) is 31.7 Å². The van der Waals surface area contributed by atoms with E-state index in [2.05, 4.69) is 10.3 Å². The molecule has 0 saturated carbocycles. The van der Waals surface area contributed by atoms with Crippen LogP contribution in [-0.4, -0.2) is 33.7 Å². The van der Waals surface area contributed by atoms with Crippen LogP contribution < -0.4 is 5.32 Å². The van der Waals surface area contributed by atoms with E-state index in [1.54, 1.807) is 0 Å². The van der Waals surface area contributed by atoms with Crippen LogP contribution in [-0.2, 0) is 15.8 Å². The zero-order valence-corrected chi connectivity index (χ0v) is 19.0. The number of rotatable bonds is 7. The third-order valence-electron chi connectivity index (χ3n) is 4.73. The van der Waals surface area contributed by atoms with Gasteiger partial charge in [0.15, 0.2) is 5.17 Å². The molecule has 1 fully saturated rings. The second-order valence-corrected chi connectivity index (χ2v) is 8.84. The fourth-order valence-electron chi connectivity index (χ4n) is 3.07. The molecule has 1 aliphatic heterocycles. The summed E-state index contributed by atoms with van der Waals surface area (Å²) in [5.41, 5.74) is -0.634. The second kappa shape index (κ2) is 10.6. The molecular formula is C22H20ClF4N3O2S. The molecule has 1 saturated heterocycles. The highest BCUT2D eigenvalue weighted by atomic mass is 35.5. The van der Waals surface area contributed by atoms with Gasteiger partial charge in [-0.05, 0) is 48.9 Å². The van der Waals surface area contributed by atoms with Crippen molar-refractivity contribution in [2.75, 3.05) is 11.9 Å². The van der Waals surface area contributed by atoms with Crippen LogP contribution in [0.4, 0.5) is 28.9 Å². The second-order valence-electron chi connectivity index (χ2n) is 7.27. The number of carbonyl (C=O) groups is 2. The maximum atomic E-state index is 13.2. The summed E-state index contributed by atoms with van der Waals surface area (Å²) >= 11 is 6.69. The van der Waals surface area contributed by atoms with Crippen molar-refractivity contribution < 1.29 is 27.2 Å². The fraction of sp³-hybridized carbons (Fsp3) is 0.318. The van der Waals surface area contributed by atoms with Gasteiger partial charge >= 0.3 is 6.18 Å². The molecule has 2 aromatic rings. The number of anilines is 1. The molecule has 2 amide bonds. The first kappa shape index (κ1) is 25.0. The van der Waals surface area contributed by atoms with Crippen LogP contribution in [0, 0.1) is 5.82 Å². The Kier molecular flexibility index (Phi) is 8.01. The highest BCUT2D eigenvalue weighted by molar-refractivity contribution is 8.15. The summed E-state index contributed by atoms with van der Waals surface area (Å²) in [6, 6.07) is 8.46. The molecule has 0 spiro atoms. The van der Waals surface area contributed by atoms with Crippen molar-refractivity contribution in [1.29, 1.82) is 0 Å². The largest absolute Gasteiger partial charge is 0.417 e. The monoisotopic (exact) mass is 501 g/mol. The van der Waals surface area contributed by atoms with Gasteiger partial charge in [-0.3, -0.25) is 14.5 Å². The van der Waals surface area contributed by atoms with Crippen molar-refractivity contribution in [3.05, 3.63) is 58.9 Å². The molecule has 0 radical (unpaired) electrons. The molecule has 176 valence electrons. The lowest BCUT2D eigenvalue weighted by molar-refractivity contribution is -0.137. The van der Waals surface area contributed by atoms with Gasteiger partial charge in [-0.1, -0.05) is 36.7 Å². The Morgan fingerprint density at radius 1 is 1.21 bits per heavy atom. The Morgan fingerprint density at radius 2 is 1.91 bits per heavy atom. The molecule has 1 N–H and O–H groups in total. The Hall–Kier alpha value is -2.59. The lowest BCUT2D eigenvalue weighted by atomic mass is 10.2. The number of halogens is 5. The molecular weight excluding hydrogens is 482 g/mol. The Balaban J connectivity index is 1.80. The number of carbonyl (C=O) groups excluding carboxylic acids is 2. The van der Waals surface area contributed by atoms with Crippen molar-refractivity contribution in [3.63, 3.8) is 0 Å². The third kappa shape index (κ3) is 6.48. The van der Waals surface area contributed by atoms with Gasteiger partial charge in [0, 0.05) is 18.7 Å². The fourth-order valence-corrected chi connectivity index (χ4v) is 4.48. The zero-order chi connectivity index (χ0) is 24.2. The summed E-state index contributed by atoms with van der Waals surface area (Å²) in [6.45, 7) is 2.27. The van der Waals surface area contributed by atoms with E-state index in [1.807, 2.05) is 6.92 Å². The van der Waals surface area contributed by atoms with E-state index < -0.39 is 33.7 Å². The minimum Gasteiger partial charge on any atom is -0.326 e. The van der Waals surface area contributed by atoms with Gasteiger partial charge in [0.05, 0.1) is 16.3 Å². The summed E-state index contributed by atoms with van der Waals surface area (Å²) < 4.78 is 52.6. The number of thioether (sulfide) groups is 1. The lowest BCUT2D eigenvalue weighted by Gasteiger charge is -2.16. The zero-order valence-electron chi connectivity index (χ0n) is 17.5. The molecule has 0 bridgehead atoms. The van der Waals surface area contributed by atoms with Gasteiger partial charge < -0.3 is 5.32 Å². The van der Waals surface area contributed by atoms with Crippen molar-refractivity contribution in [2.45, 2.75) is 37.6 Å². The van der Waals surface area contributed by atoms with Crippen molar-refractivity contribution in [3.8, 4) is 0 Å². The molecule has 33 heavy (non-hydrogen) atoms. The van der Waals surface area contributed by atoms with E-state index in [9.17, 15) is 27.2 Å². The van der Waals surface area contributed by atoms with Crippen LogP contribution in [0.15, 0.2) is 47.5 Å². The third-order valence-corrected chi connectivity index (χ3v) is 6.24. The van der Waals surface area contributed by atoms with Crippen LogP contribution in [0.2, 0.25) is 5.02 Å². The lowest BCUT2D eigenvalue weighted by Crippen LogP contribution is -2.34. The minimum atomic E-state index is -4.64. The van der Waals surface area contributed by atoms with E-state index >= 15 is 0 Å². The normalized spacial score (nSPS) is 17.6. The Morgan fingerprint density at radius 3 is 2.55 bits per heavy atom. The summed E-state index contributed by atoms with van der Waals surface area (Å²) in [4.78, 5) is 31.0. The number of hydrogen-bond donors (Lipinski definition) is 1. The molecule has 1 unspecified atom stereocenters. The highest BCUT2D eigenvalue weighted by Crippen LogP contribution is 2.38. The first-order valence-corrected chi connectivity index (χ1v) is 11.3. The van der Waals surface area contributed by atoms with E-state index in [0.29, 0.717) is 18.7 Å². The van der Waals surface area contributed by atoms with Crippen LogP contribution >= 0.6 is 23.4 Å². The molecule has 3 rings (SSSR count). The first-order valence-electron chi connectivity index (χ1n) is 10.1. The predicted molar refractivity (Wildman–Crippen MR) is 121 cm³/mol. The van der Waals surface area contributed by atoms with E-state index in [4.69, 9.17) is 11.6 Å². The molecule has 0 aliphatic carbocycles. The van der Waals surface area contributed by atoms with E-state index in [1.165, 1.54) is 35.2 Å². The average Bonchev–Trinajstić information content (AvgIpc) is 3.02. The van der Waals surface area contributed by atoms with E-state index in [0.717, 1.165) is 30.3 Å². The number of amidine groups is 1. The summed E-state index contributed by atoms with van der Waals surface area (Å²) in [6.07, 6.45) is -3.36. The van der Waals surface area contributed by atoms with Gasteiger partial charge in [0.1, 0.15) is 11.1 Å². The van der Waals surface area contributed by atoms with Crippen molar-refractivity contribution in [1.82, 2.24) is 4.90 Å². The number of nitrogens with one attached hydrogen (secondary N) is 1. The van der Waals surface area contributed by atoms with Gasteiger partial charge in [-0.2, -0.15) is 13.2 Å². The first-order chi connectivity index (χ1) is 15.6. The number of aliphatic imine (C=N–C) groups is 1. The predicted octanol–water partition coefficient (Wildman–Crippen LogP) is 6.26. The molecule has 2 aromatic carbocycles. The van der Waals surface area contributed by atoms with Crippen molar-refractivity contribution in [2.24, 2.45) is 4.99 Å². The molecule has 5 nitrogen and oxygen atoms in total. The SMILES string of the molecule is CCCCN1C(=O)C(CC(=O)Nc2ccc(F)cc2)SC1=Nc1ccc(Cl)c(C(F)(F)F)c1. The van der Waals surface area contributed by atoms with Crippen LogP contribution in [0.25, 0.3) is 0 Å². The van der Waals surface area contributed by atoms with Gasteiger partial charge in [-0.15, -0.1) is 0 Å². The molecule has 1 heterocycles. The number of amides is 2. The maximum Gasteiger partial charge on any atom is 0.417 e. The number of nitrogens with zero attached hydrogens (tertiary/aromatic N) is 2. The van der Waals surface area contributed by atoms with Crippen LogP contribution in [0.3, 0.4) is 0 Å². The Bertz CT molecular complexity index is 1060.